The van der Waals surface area contributed by atoms with Crippen LogP contribution in [0.3, 0.4) is 0 Å². The minimum Gasteiger partial charge on any atom is -0.493 e. The van der Waals surface area contributed by atoms with Crippen LogP contribution in [0.5, 0.6) is 11.5 Å². The maximum Gasteiger partial charge on any atom is 0.274 e. The van der Waals surface area contributed by atoms with E-state index < -0.39 is 22.0 Å². The summed E-state index contributed by atoms with van der Waals surface area (Å²) in [7, 11) is -0.934. The molecular formula is C16H21N3O5S. The number of sulfonamides is 1. The van der Waals surface area contributed by atoms with Crippen LogP contribution in [-0.4, -0.2) is 37.3 Å². The Bertz CT molecular complexity index is 889. The van der Waals surface area contributed by atoms with Crippen molar-refractivity contribution in [3.8, 4) is 11.5 Å². The number of carbonyl (C=O) groups excluding carboxylic acids is 1. The largest absolute Gasteiger partial charge is 0.493 e. The number of hydrogen-bond acceptors (Lipinski definition) is 6. The fourth-order valence-corrected chi connectivity index (χ4v) is 3.85. The molecule has 0 aliphatic rings. The molecule has 2 aromatic rings. The fraction of sp³-hybridized carbons (Fsp3) is 0.375. The van der Waals surface area contributed by atoms with E-state index in [-0.39, 0.29) is 4.90 Å². The summed E-state index contributed by atoms with van der Waals surface area (Å²) in [5, 5.41) is 4.06. The lowest BCUT2D eigenvalue weighted by Gasteiger charge is -2.16. The summed E-state index contributed by atoms with van der Waals surface area (Å²) < 4.78 is 39.2. The van der Waals surface area contributed by atoms with E-state index in [1.54, 1.807) is 45.2 Å². The Hall–Kier alpha value is -2.55. The Morgan fingerprint density at radius 2 is 1.84 bits per heavy atom. The van der Waals surface area contributed by atoms with Crippen LogP contribution in [0.15, 0.2) is 29.2 Å². The molecule has 1 N–H and O–H groups in total. The van der Waals surface area contributed by atoms with Gasteiger partial charge in [0.2, 0.25) is 0 Å². The molecule has 0 saturated heterocycles. The first kappa shape index (κ1) is 18.8. The van der Waals surface area contributed by atoms with Gasteiger partial charge in [-0.05, 0) is 32.9 Å². The zero-order valence-electron chi connectivity index (χ0n) is 14.7. The molecule has 9 heteroatoms. The normalized spacial score (nSPS) is 12.5. The molecule has 0 aliphatic heterocycles. The van der Waals surface area contributed by atoms with Crippen LogP contribution < -0.4 is 14.2 Å². The lowest BCUT2D eigenvalue weighted by Crippen LogP contribution is -2.40. The molecule has 8 nitrogen and oxygen atoms in total. The number of methoxy groups -OCH3 is 1. The Morgan fingerprint density at radius 1 is 1.24 bits per heavy atom. The van der Waals surface area contributed by atoms with Gasteiger partial charge in [0.05, 0.1) is 18.5 Å². The second-order valence-electron chi connectivity index (χ2n) is 5.50. The van der Waals surface area contributed by atoms with Crippen molar-refractivity contribution in [3.05, 3.63) is 35.7 Å². The zero-order chi connectivity index (χ0) is 18.8. The van der Waals surface area contributed by atoms with Gasteiger partial charge < -0.3 is 9.47 Å². The molecule has 25 heavy (non-hydrogen) atoms. The number of carbonyl (C=O) groups is 1. The summed E-state index contributed by atoms with van der Waals surface area (Å²) in [6.07, 6.45) is -1.04. The molecule has 1 amide bonds. The third-order valence-corrected chi connectivity index (χ3v) is 5.29. The van der Waals surface area contributed by atoms with Crippen molar-refractivity contribution in [2.45, 2.75) is 31.8 Å². The lowest BCUT2D eigenvalue weighted by molar-refractivity contribution is -0.125. The first-order valence-electron chi connectivity index (χ1n) is 7.54. The van der Waals surface area contributed by atoms with E-state index >= 15 is 0 Å². The van der Waals surface area contributed by atoms with Crippen LogP contribution in [0.2, 0.25) is 0 Å². The number of para-hydroxylation sites is 2. The van der Waals surface area contributed by atoms with Gasteiger partial charge >= 0.3 is 0 Å². The third kappa shape index (κ3) is 3.93. The predicted molar refractivity (Wildman–Crippen MR) is 91.1 cm³/mol. The second-order valence-corrected chi connectivity index (χ2v) is 7.12. The molecule has 1 atom stereocenters. The summed E-state index contributed by atoms with van der Waals surface area (Å²) in [6.45, 7) is 4.65. The summed E-state index contributed by atoms with van der Waals surface area (Å²) in [4.78, 5) is 12.3. The molecule has 2 rings (SSSR count). The molecule has 1 aromatic carbocycles. The Kier molecular flexibility index (Phi) is 5.36. The molecule has 136 valence electrons. The smallest absolute Gasteiger partial charge is 0.274 e. The fourth-order valence-electron chi connectivity index (χ4n) is 2.37. The van der Waals surface area contributed by atoms with Gasteiger partial charge in [-0.2, -0.15) is 5.10 Å². The topological polar surface area (TPSA) is 99.5 Å². The third-order valence-electron chi connectivity index (χ3n) is 3.69. The second kappa shape index (κ2) is 7.14. The Labute approximate surface area is 146 Å². The highest BCUT2D eigenvalue weighted by atomic mass is 32.2. The number of rotatable bonds is 6. The summed E-state index contributed by atoms with van der Waals surface area (Å²) in [6, 6.07) is 6.79. The number of nitrogens with one attached hydrogen (secondary N) is 1. The summed E-state index contributed by atoms with van der Waals surface area (Å²) in [5.41, 5.74) is 0.759. The van der Waals surface area contributed by atoms with Crippen molar-refractivity contribution in [2.75, 3.05) is 7.11 Å². The van der Waals surface area contributed by atoms with Gasteiger partial charge in [-0.15, -0.1) is 0 Å². The highest BCUT2D eigenvalue weighted by Gasteiger charge is 2.28. The maximum atomic E-state index is 12.5. The van der Waals surface area contributed by atoms with Crippen LogP contribution in [0.25, 0.3) is 0 Å². The van der Waals surface area contributed by atoms with Crippen molar-refractivity contribution in [1.82, 2.24) is 14.5 Å². The first-order valence-corrected chi connectivity index (χ1v) is 9.02. The number of ether oxygens (including phenoxy) is 2. The van der Waals surface area contributed by atoms with Crippen molar-refractivity contribution >= 4 is 15.9 Å². The van der Waals surface area contributed by atoms with E-state index in [4.69, 9.17) is 9.47 Å². The van der Waals surface area contributed by atoms with E-state index in [0.717, 1.165) is 0 Å². The maximum absolute atomic E-state index is 12.5. The standard InChI is InChI=1S/C16H21N3O5S/c1-10-15(11(2)19(4)17-10)25(21,22)18-16(20)12(3)24-14-9-7-6-8-13(14)23-5/h6-9,12H,1-5H3,(H,18,20). The highest BCUT2D eigenvalue weighted by Crippen LogP contribution is 2.27. The number of hydrogen-bond donors (Lipinski definition) is 1. The number of aromatic nitrogens is 2. The van der Waals surface area contributed by atoms with E-state index in [9.17, 15) is 13.2 Å². The van der Waals surface area contributed by atoms with E-state index in [1.165, 1.54) is 18.7 Å². The number of aryl methyl sites for hydroxylation is 2. The lowest BCUT2D eigenvalue weighted by atomic mass is 10.3. The summed E-state index contributed by atoms with van der Waals surface area (Å²) in [5.74, 6) is 0.0105. The van der Waals surface area contributed by atoms with Gasteiger partial charge in [-0.1, -0.05) is 12.1 Å². The predicted octanol–water partition coefficient (Wildman–Crippen LogP) is 1.32. The molecule has 0 aliphatic carbocycles. The molecule has 1 unspecified atom stereocenters. The molecule has 1 heterocycles. The minimum atomic E-state index is -4.05. The first-order chi connectivity index (χ1) is 11.7. The molecule has 0 fully saturated rings. The van der Waals surface area contributed by atoms with Gasteiger partial charge in [-0.3, -0.25) is 9.48 Å². The van der Waals surface area contributed by atoms with Crippen LogP contribution >= 0.6 is 0 Å². The van der Waals surface area contributed by atoms with Gasteiger partial charge in [0.1, 0.15) is 4.90 Å². The number of nitrogens with zero attached hydrogens (tertiary/aromatic N) is 2. The molecule has 0 saturated carbocycles. The van der Waals surface area contributed by atoms with Crippen molar-refractivity contribution in [1.29, 1.82) is 0 Å². The van der Waals surface area contributed by atoms with Gasteiger partial charge in [0.15, 0.2) is 17.6 Å². The molecular weight excluding hydrogens is 346 g/mol. The monoisotopic (exact) mass is 367 g/mol. The number of benzene rings is 1. The van der Waals surface area contributed by atoms with Crippen molar-refractivity contribution in [3.63, 3.8) is 0 Å². The minimum absolute atomic E-state index is 0.00663. The van der Waals surface area contributed by atoms with Gasteiger partial charge in [-0.25, -0.2) is 13.1 Å². The van der Waals surface area contributed by atoms with Crippen LogP contribution in [-0.2, 0) is 21.9 Å². The highest BCUT2D eigenvalue weighted by molar-refractivity contribution is 7.90. The SMILES string of the molecule is COc1ccccc1OC(C)C(=O)NS(=O)(=O)c1c(C)nn(C)c1C. The van der Waals surface area contributed by atoms with Gasteiger partial charge in [0.25, 0.3) is 15.9 Å². The number of amides is 1. The Balaban J connectivity index is 2.18. The molecule has 0 bridgehead atoms. The summed E-state index contributed by atoms with van der Waals surface area (Å²) >= 11 is 0. The zero-order valence-corrected chi connectivity index (χ0v) is 15.5. The quantitative estimate of drug-likeness (QED) is 0.827. The van der Waals surface area contributed by atoms with E-state index in [1.807, 2.05) is 4.72 Å². The molecule has 0 radical (unpaired) electrons. The van der Waals surface area contributed by atoms with Crippen LogP contribution in [0.4, 0.5) is 0 Å². The van der Waals surface area contributed by atoms with Crippen molar-refractivity contribution in [2.24, 2.45) is 7.05 Å². The molecule has 1 aromatic heterocycles. The van der Waals surface area contributed by atoms with Gasteiger partial charge in [0, 0.05) is 7.05 Å². The molecule has 0 spiro atoms. The van der Waals surface area contributed by atoms with Crippen molar-refractivity contribution < 1.29 is 22.7 Å². The van der Waals surface area contributed by atoms with E-state index in [0.29, 0.717) is 22.9 Å². The average Bonchev–Trinajstić information content (AvgIpc) is 2.80. The van der Waals surface area contributed by atoms with Crippen LogP contribution in [0.1, 0.15) is 18.3 Å². The van der Waals surface area contributed by atoms with Crippen LogP contribution in [0, 0.1) is 13.8 Å². The Morgan fingerprint density at radius 3 is 2.36 bits per heavy atom. The van der Waals surface area contributed by atoms with E-state index in [2.05, 4.69) is 5.10 Å². The average molecular weight is 367 g/mol.